The van der Waals surface area contributed by atoms with Crippen molar-refractivity contribution in [2.75, 3.05) is 13.2 Å². The van der Waals surface area contributed by atoms with E-state index in [1.165, 1.54) is 116 Å². The minimum absolute atomic E-state index is 0.0892. The second-order valence-corrected chi connectivity index (χ2v) is 20.6. The summed E-state index contributed by atoms with van der Waals surface area (Å²) in [5.74, 6) is -0.910. The van der Waals surface area contributed by atoms with Gasteiger partial charge in [0.1, 0.15) is 13.2 Å². The van der Waals surface area contributed by atoms with Crippen molar-refractivity contribution in [1.82, 2.24) is 0 Å². The van der Waals surface area contributed by atoms with Gasteiger partial charge in [-0.1, -0.05) is 259 Å². The summed E-state index contributed by atoms with van der Waals surface area (Å²) in [6.45, 7) is 6.45. The van der Waals surface area contributed by atoms with Crippen LogP contribution in [0.5, 0.6) is 0 Å². The highest BCUT2D eigenvalue weighted by molar-refractivity contribution is 5.71. The lowest BCUT2D eigenvalue weighted by Crippen LogP contribution is -2.30. The van der Waals surface area contributed by atoms with Crippen LogP contribution >= 0.6 is 0 Å². The van der Waals surface area contributed by atoms with Gasteiger partial charge in [0.05, 0.1) is 0 Å². The summed E-state index contributed by atoms with van der Waals surface area (Å²) in [6, 6.07) is 0. The molecule has 0 fully saturated rings. The van der Waals surface area contributed by atoms with Crippen molar-refractivity contribution >= 4 is 17.9 Å². The molecule has 0 spiro atoms. The van der Waals surface area contributed by atoms with E-state index in [-0.39, 0.29) is 31.1 Å². The first-order valence-corrected chi connectivity index (χ1v) is 31.4. The molecule has 428 valence electrons. The molecule has 0 aliphatic carbocycles. The van der Waals surface area contributed by atoms with Gasteiger partial charge in [-0.15, -0.1) is 0 Å². The van der Waals surface area contributed by atoms with Crippen LogP contribution < -0.4 is 0 Å². The molecule has 0 saturated heterocycles. The van der Waals surface area contributed by atoms with Gasteiger partial charge in [-0.25, -0.2) is 0 Å². The minimum Gasteiger partial charge on any atom is -0.462 e. The van der Waals surface area contributed by atoms with Gasteiger partial charge in [-0.3, -0.25) is 14.4 Å². The minimum atomic E-state index is -0.792. The Kier molecular flexibility index (Phi) is 59.3. The van der Waals surface area contributed by atoms with Crippen LogP contribution in [0.4, 0.5) is 0 Å². The van der Waals surface area contributed by atoms with Gasteiger partial charge < -0.3 is 14.2 Å². The van der Waals surface area contributed by atoms with Crippen molar-refractivity contribution in [2.24, 2.45) is 0 Å². The number of unbranched alkanes of at least 4 members (excludes halogenated alkanes) is 27. The predicted octanol–water partition coefficient (Wildman–Crippen LogP) is 21.4. The highest BCUT2D eigenvalue weighted by Gasteiger charge is 2.19. The molecule has 0 aromatic rings. The Hall–Kier alpha value is -3.93. The fourth-order valence-corrected chi connectivity index (χ4v) is 8.54. The number of ether oxygens (including phenoxy) is 3. The fraction of sp³-hybridized carbons (Fsp3) is 0.696. The maximum absolute atomic E-state index is 12.9. The van der Waals surface area contributed by atoms with Crippen molar-refractivity contribution < 1.29 is 28.6 Å². The second kappa shape index (κ2) is 62.6. The SMILES string of the molecule is CC/C=C\C/C=C\C/C=C\C/C=C\C/C=C\C/C=C\CCCCCCCCCCC(=O)OCC(COC(=O)CCCCCCC/C=C\C/C=C\CCC)OC(=O)CCCCCCCCC/C=C\CCCCCCCC. The van der Waals surface area contributed by atoms with Crippen LogP contribution in [0.15, 0.2) is 109 Å². The van der Waals surface area contributed by atoms with Crippen LogP contribution in [-0.4, -0.2) is 37.2 Å². The standard InChI is InChI=1S/C69H116O6/c1-4-7-10-13-16-19-22-25-27-29-30-31-32-33-34-35-36-37-38-40-41-44-47-50-53-56-59-62-68(71)74-65-66(64-73-67(70)61-58-55-52-49-46-43-24-21-18-15-12-9-6-3)75-69(72)63-60-57-54-51-48-45-42-39-28-26-23-20-17-14-11-8-5-2/h7,10,12,15-16,19,21,24-28,30-31,33-34,36-37,66H,4-6,8-9,11,13-14,17-18,20,22-23,29,32,35,38-65H2,1-3H3/b10-7-,15-12-,19-16-,24-21-,27-25-,28-26-,31-30-,34-33-,37-36-. The summed E-state index contributed by atoms with van der Waals surface area (Å²) >= 11 is 0. The Morgan fingerprint density at radius 2 is 0.547 bits per heavy atom. The zero-order valence-corrected chi connectivity index (χ0v) is 49.0. The van der Waals surface area contributed by atoms with Gasteiger partial charge in [0.15, 0.2) is 6.10 Å². The molecule has 0 amide bonds. The normalized spacial score (nSPS) is 12.8. The Bertz CT molecular complexity index is 1520. The fourth-order valence-electron chi connectivity index (χ4n) is 8.54. The number of carbonyl (C=O) groups excluding carboxylic acids is 3. The molecule has 1 atom stereocenters. The van der Waals surface area contributed by atoms with Crippen molar-refractivity contribution in [1.29, 1.82) is 0 Å². The molecule has 0 N–H and O–H groups in total. The van der Waals surface area contributed by atoms with E-state index in [9.17, 15) is 14.4 Å². The molecule has 0 bridgehead atoms. The third kappa shape index (κ3) is 60.8. The lowest BCUT2D eigenvalue weighted by Gasteiger charge is -2.18. The van der Waals surface area contributed by atoms with Gasteiger partial charge in [-0.2, -0.15) is 0 Å². The third-order valence-electron chi connectivity index (χ3n) is 13.2. The molecular weight excluding hydrogens is 925 g/mol. The summed E-state index contributed by atoms with van der Waals surface area (Å²) < 4.78 is 16.9. The molecule has 0 aromatic carbocycles. The van der Waals surface area contributed by atoms with Crippen LogP contribution in [0, 0.1) is 0 Å². The first-order valence-electron chi connectivity index (χ1n) is 31.4. The molecule has 0 radical (unpaired) electrons. The quantitative estimate of drug-likeness (QED) is 0.0261. The molecule has 0 aromatic heterocycles. The van der Waals surface area contributed by atoms with E-state index in [1.54, 1.807) is 0 Å². The molecular formula is C69H116O6. The summed E-state index contributed by atoms with van der Waals surface area (Å²) in [6.07, 6.45) is 85.1. The molecule has 0 saturated carbocycles. The first kappa shape index (κ1) is 71.1. The molecule has 0 rings (SSSR count). The second-order valence-electron chi connectivity index (χ2n) is 20.6. The molecule has 6 nitrogen and oxygen atoms in total. The van der Waals surface area contributed by atoms with Crippen molar-refractivity contribution in [3.8, 4) is 0 Å². The monoisotopic (exact) mass is 1040 g/mol. The Morgan fingerprint density at radius 1 is 0.280 bits per heavy atom. The van der Waals surface area contributed by atoms with Crippen LogP contribution in [0.25, 0.3) is 0 Å². The third-order valence-corrected chi connectivity index (χ3v) is 13.2. The predicted molar refractivity (Wildman–Crippen MR) is 325 cm³/mol. The number of hydrogen-bond donors (Lipinski definition) is 0. The van der Waals surface area contributed by atoms with E-state index >= 15 is 0 Å². The van der Waals surface area contributed by atoms with Crippen LogP contribution in [-0.2, 0) is 28.6 Å². The lowest BCUT2D eigenvalue weighted by atomic mass is 10.1. The molecule has 75 heavy (non-hydrogen) atoms. The average Bonchev–Trinajstić information content (AvgIpc) is 3.41. The van der Waals surface area contributed by atoms with E-state index < -0.39 is 6.10 Å². The van der Waals surface area contributed by atoms with Gasteiger partial charge in [0, 0.05) is 19.3 Å². The smallest absolute Gasteiger partial charge is 0.306 e. The molecule has 0 heterocycles. The summed E-state index contributed by atoms with van der Waals surface area (Å²) in [4.78, 5) is 38.3. The number of carbonyl (C=O) groups is 3. The zero-order valence-electron chi connectivity index (χ0n) is 49.0. The van der Waals surface area contributed by atoms with Crippen molar-refractivity contribution in [3.63, 3.8) is 0 Å². The Labute approximate surface area is 463 Å². The van der Waals surface area contributed by atoms with E-state index in [0.717, 1.165) is 135 Å². The summed E-state index contributed by atoms with van der Waals surface area (Å²) in [7, 11) is 0. The van der Waals surface area contributed by atoms with Gasteiger partial charge in [-0.05, 0) is 122 Å². The number of allylic oxidation sites excluding steroid dienone is 18. The van der Waals surface area contributed by atoms with Crippen LogP contribution in [0.2, 0.25) is 0 Å². The maximum Gasteiger partial charge on any atom is 0.306 e. The van der Waals surface area contributed by atoms with Gasteiger partial charge in [0.25, 0.3) is 0 Å². The summed E-state index contributed by atoms with van der Waals surface area (Å²) in [5, 5.41) is 0. The largest absolute Gasteiger partial charge is 0.462 e. The Morgan fingerprint density at radius 3 is 0.880 bits per heavy atom. The number of esters is 3. The van der Waals surface area contributed by atoms with Gasteiger partial charge >= 0.3 is 17.9 Å². The van der Waals surface area contributed by atoms with E-state index in [0.29, 0.717) is 19.3 Å². The highest BCUT2D eigenvalue weighted by atomic mass is 16.6. The topological polar surface area (TPSA) is 78.9 Å². The molecule has 0 aliphatic heterocycles. The van der Waals surface area contributed by atoms with E-state index in [2.05, 4.69) is 130 Å². The van der Waals surface area contributed by atoms with Crippen molar-refractivity contribution in [3.05, 3.63) is 109 Å². The van der Waals surface area contributed by atoms with Gasteiger partial charge in [0.2, 0.25) is 0 Å². The number of hydrogen-bond acceptors (Lipinski definition) is 6. The van der Waals surface area contributed by atoms with Crippen LogP contribution in [0.1, 0.15) is 290 Å². The zero-order chi connectivity index (χ0) is 54.3. The average molecular weight is 1040 g/mol. The maximum atomic E-state index is 12.9. The molecule has 6 heteroatoms. The number of rotatable bonds is 56. The first-order chi connectivity index (χ1) is 37.0. The van der Waals surface area contributed by atoms with E-state index in [1.807, 2.05) is 0 Å². The molecule has 0 aliphatic rings. The van der Waals surface area contributed by atoms with E-state index in [4.69, 9.17) is 14.2 Å². The summed E-state index contributed by atoms with van der Waals surface area (Å²) in [5.41, 5.74) is 0. The Balaban J connectivity index is 4.34. The van der Waals surface area contributed by atoms with Crippen molar-refractivity contribution in [2.45, 2.75) is 297 Å². The molecule has 1 unspecified atom stereocenters. The highest BCUT2D eigenvalue weighted by Crippen LogP contribution is 2.15. The lowest BCUT2D eigenvalue weighted by molar-refractivity contribution is -0.167. The van der Waals surface area contributed by atoms with Crippen LogP contribution in [0.3, 0.4) is 0 Å².